The van der Waals surface area contributed by atoms with Gasteiger partial charge in [-0.05, 0) is 89.0 Å². The van der Waals surface area contributed by atoms with Crippen LogP contribution in [0.1, 0.15) is 0 Å². The molecule has 0 atom stereocenters. The zero-order chi connectivity index (χ0) is 33.5. The summed E-state index contributed by atoms with van der Waals surface area (Å²) in [7, 11) is 0. The Bertz CT molecular complexity index is 3130. The summed E-state index contributed by atoms with van der Waals surface area (Å²) in [5, 5.41) is 6.25. The highest BCUT2D eigenvalue weighted by molar-refractivity contribution is 7.26. The minimum atomic E-state index is 1.02. The highest BCUT2D eigenvalue weighted by Crippen LogP contribution is 2.42. The summed E-state index contributed by atoms with van der Waals surface area (Å²) < 4.78 is 7.39. The lowest BCUT2D eigenvalue weighted by Gasteiger charge is -2.10. The number of fused-ring (bicyclic) bond motifs is 9. The van der Waals surface area contributed by atoms with Crippen molar-refractivity contribution in [1.82, 2.24) is 14.1 Å². The quantitative estimate of drug-likeness (QED) is 0.183. The van der Waals surface area contributed by atoms with Gasteiger partial charge in [0.05, 0.1) is 38.0 Å². The molecule has 7 aromatic carbocycles. The molecule has 0 aliphatic rings. The van der Waals surface area contributed by atoms with Crippen molar-refractivity contribution in [3.63, 3.8) is 0 Å². The summed E-state index contributed by atoms with van der Waals surface area (Å²) in [5.74, 6) is 0. The summed E-state index contributed by atoms with van der Waals surface area (Å²) in [6.45, 7) is 0. The van der Waals surface area contributed by atoms with Crippen LogP contribution in [0.25, 0.3) is 97.5 Å². The normalized spacial score (nSPS) is 11.9. The maximum Gasteiger partial charge on any atom is 0.0963 e. The first-order valence-corrected chi connectivity index (χ1v) is 18.1. The standard InChI is InChI=1S/C47H29N3S/c1-2-10-30(11-3-1)31-19-23-34(24-20-31)49-40-15-6-4-12-35(40)38-28-32(21-25-41(38)49)33-22-26-42-39(29-33)46-43(17-9-27-48-46)50(42)44-16-8-14-37-36-13-5-7-18-45(36)51-47(37)44/h1-29H. The van der Waals surface area contributed by atoms with Crippen LogP contribution in [0.4, 0.5) is 0 Å². The molecule has 0 spiro atoms. The van der Waals surface area contributed by atoms with E-state index in [1.54, 1.807) is 0 Å². The maximum atomic E-state index is 4.95. The average molecular weight is 668 g/mol. The van der Waals surface area contributed by atoms with Crippen LogP contribution in [0.2, 0.25) is 0 Å². The molecule has 0 amide bonds. The zero-order valence-electron chi connectivity index (χ0n) is 27.5. The molecule has 238 valence electrons. The smallest absolute Gasteiger partial charge is 0.0963 e. The molecule has 4 aromatic heterocycles. The van der Waals surface area contributed by atoms with Gasteiger partial charge in [0.25, 0.3) is 0 Å². The Hall–Kier alpha value is -6.49. The van der Waals surface area contributed by atoms with E-state index in [0.29, 0.717) is 0 Å². The molecule has 0 unspecified atom stereocenters. The molecule has 51 heavy (non-hydrogen) atoms. The molecular weight excluding hydrogens is 639 g/mol. The van der Waals surface area contributed by atoms with E-state index in [9.17, 15) is 0 Å². The largest absolute Gasteiger partial charge is 0.309 e. The Kier molecular flexibility index (Phi) is 6.12. The third-order valence-corrected chi connectivity index (χ3v) is 11.6. The number of benzene rings is 7. The summed E-state index contributed by atoms with van der Waals surface area (Å²) >= 11 is 1.86. The van der Waals surface area contributed by atoms with Gasteiger partial charge in [0.2, 0.25) is 0 Å². The molecule has 0 N–H and O–H groups in total. The molecule has 3 nitrogen and oxygen atoms in total. The van der Waals surface area contributed by atoms with Crippen LogP contribution < -0.4 is 0 Å². The van der Waals surface area contributed by atoms with E-state index in [4.69, 9.17) is 4.98 Å². The fraction of sp³-hybridized carbons (Fsp3) is 0. The SMILES string of the molecule is c1ccc(-c2ccc(-n3c4ccccc4c4cc(-c5ccc6c(c5)c5ncccc5n6-c5cccc6c5sc5ccccc56)ccc43)cc2)cc1. The van der Waals surface area contributed by atoms with E-state index in [2.05, 4.69) is 173 Å². The van der Waals surface area contributed by atoms with E-state index in [0.717, 1.165) is 27.6 Å². The second-order valence-corrected chi connectivity index (χ2v) is 14.2. The summed E-state index contributed by atoms with van der Waals surface area (Å²) in [6.07, 6.45) is 1.91. The van der Waals surface area contributed by atoms with E-state index in [1.807, 2.05) is 23.6 Å². The van der Waals surface area contributed by atoms with Gasteiger partial charge in [-0.2, -0.15) is 0 Å². The second-order valence-electron chi connectivity index (χ2n) is 13.2. The monoisotopic (exact) mass is 667 g/mol. The first kappa shape index (κ1) is 28.4. The molecular formula is C47H29N3S. The van der Waals surface area contributed by atoms with Gasteiger partial charge in [-0.1, -0.05) is 103 Å². The number of thiophene rings is 1. The molecule has 0 bridgehead atoms. The predicted molar refractivity (Wildman–Crippen MR) is 217 cm³/mol. The van der Waals surface area contributed by atoms with Crippen LogP contribution in [0, 0.1) is 0 Å². The zero-order valence-corrected chi connectivity index (χ0v) is 28.3. The third-order valence-electron chi connectivity index (χ3n) is 10.4. The predicted octanol–water partition coefficient (Wildman–Crippen LogP) is 13.0. The number of aromatic nitrogens is 3. The molecule has 0 saturated carbocycles. The lowest BCUT2D eigenvalue weighted by Crippen LogP contribution is -1.94. The minimum absolute atomic E-state index is 1.02. The van der Waals surface area contributed by atoms with Crippen molar-refractivity contribution >= 4 is 75.3 Å². The van der Waals surface area contributed by atoms with Gasteiger partial charge in [-0.15, -0.1) is 11.3 Å². The number of hydrogen-bond acceptors (Lipinski definition) is 2. The minimum Gasteiger partial charge on any atom is -0.309 e. The topological polar surface area (TPSA) is 22.8 Å². The third kappa shape index (κ3) is 4.27. The maximum absolute atomic E-state index is 4.95. The van der Waals surface area contributed by atoms with Gasteiger partial charge >= 0.3 is 0 Å². The molecule has 4 heterocycles. The van der Waals surface area contributed by atoms with Crippen LogP contribution in [0.3, 0.4) is 0 Å². The van der Waals surface area contributed by atoms with Gasteiger partial charge in [0, 0.05) is 43.5 Å². The first-order chi connectivity index (χ1) is 25.3. The number of rotatable bonds is 4. The molecule has 11 rings (SSSR count). The summed E-state index contributed by atoms with van der Waals surface area (Å²) in [6, 6.07) is 61.6. The summed E-state index contributed by atoms with van der Waals surface area (Å²) in [5.41, 5.74) is 12.9. The van der Waals surface area contributed by atoms with Crippen LogP contribution in [-0.4, -0.2) is 14.1 Å². The van der Waals surface area contributed by atoms with Gasteiger partial charge in [0.15, 0.2) is 0 Å². The first-order valence-electron chi connectivity index (χ1n) is 17.3. The van der Waals surface area contributed by atoms with Crippen molar-refractivity contribution in [2.45, 2.75) is 0 Å². The van der Waals surface area contributed by atoms with Gasteiger partial charge < -0.3 is 9.13 Å². The fourth-order valence-electron chi connectivity index (χ4n) is 8.05. The lowest BCUT2D eigenvalue weighted by atomic mass is 10.0. The number of hydrogen-bond donors (Lipinski definition) is 0. The van der Waals surface area contributed by atoms with Crippen molar-refractivity contribution < 1.29 is 0 Å². The van der Waals surface area contributed by atoms with Crippen molar-refractivity contribution in [3.8, 4) is 33.6 Å². The van der Waals surface area contributed by atoms with Crippen LogP contribution in [-0.2, 0) is 0 Å². The molecule has 0 fully saturated rings. The fourth-order valence-corrected chi connectivity index (χ4v) is 9.25. The van der Waals surface area contributed by atoms with Gasteiger partial charge in [-0.3, -0.25) is 4.98 Å². The van der Waals surface area contributed by atoms with Crippen molar-refractivity contribution in [3.05, 3.63) is 176 Å². The number of pyridine rings is 1. The lowest BCUT2D eigenvalue weighted by molar-refractivity contribution is 1.18. The van der Waals surface area contributed by atoms with Crippen molar-refractivity contribution in [2.75, 3.05) is 0 Å². The van der Waals surface area contributed by atoms with Crippen LogP contribution in [0.15, 0.2) is 176 Å². The number of para-hydroxylation sites is 1. The van der Waals surface area contributed by atoms with Crippen LogP contribution in [0.5, 0.6) is 0 Å². The number of nitrogens with zero attached hydrogens (tertiary/aromatic N) is 3. The van der Waals surface area contributed by atoms with E-state index in [-0.39, 0.29) is 0 Å². The van der Waals surface area contributed by atoms with Crippen molar-refractivity contribution in [1.29, 1.82) is 0 Å². The highest BCUT2D eigenvalue weighted by atomic mass is 32.1. The Morgan fingerprint density at radius 2 is 1.02 bits per heavy atom. The molecule has 11 aromatic rings. The van der Waals surface area contributed by atoms with E-state index in [1.165, 1.54) is 69.9 Å². The van der Waals surface area contributed by atoms with Crippen LogP contribution >= 0.6 is 11.3 Å². The molecule has 0 radical (unpaired) electrons. The Labute approximate surface area is 297 Å². The van der Waals surface area contributed by atoms with Gasteiger partial charge in [-0.25, -0.2) is 0 Å². The Morgan fingerprint density at radius 1 is 0.392 bits per heavy atom. The average Bonchev–Trinajstić information content (AvgIpc) is 3.86. The second kappa shape index (κ2) is 11.0. The Morgan fingerprint density at radius 3 is 1.86 bits per heavy atom. The van der Waals surface area contributed by atoms with Gasteiger partial charge in [0.1, 0.15) is 0 Å². The van der Waals surface area contributed by atoms with E-state index < -0.39 is 0 Å². The summed E-state index contributed by atoms with van der Waals surface area (Å²) in [4.78, 5) is 4.95. The molecule has 0 aliphatic heterocycles. The highest BCUT2D eigenvalue weighted by Gasteiger charge is 2.19. The molecule has 0 aliphatic carbocycles. The van der Waals surface area contributed by atoms with E-state index >= 15 is 0 Å². The Balaban J connectivity index is 1.07. The molecule has 4 heteroatoms. The molecule has 0 saturated heterocycles. The van der Waals surface area contributed by atoms with Crippen molar-refractivity contribution in [2.24, 2.45) is 0 Å².